The van der Waals surface area contributed by atoms with Crippen molar-refractivity contribution in [2.75, 3.05) is 6.54 Å². The van der Waals surface area contributed by atoms with Crippen LogP contribution in [0.1, 0.15) is 11.1 Å². The molecule has 0 radical (unpaired) electrons. The second kappa shape index (κ2) is 3.69. The monoisotopic (exact) mass is 170 g/mol. The number of nitrogens with zero attached hydrogens (tertiary/aromatic N) is 1. The quantitative estimate of drug-likeness (QED) is 0.684. The molecule has 1 aromatic heterocycles. The zero-order valence-electron chi connectivity index (χ0n) is 6.47. The van der Waals surface area contributed by atoms with Crippen LogP contribution in [0.15, 0.2) is 12.3 Å². The van der Waals surface area contributed by atoms with E-state index in [4.69, 9.17) is 17.3 Å². The van der Waals surface area contributed by atoms with Gasteiger partial charge in [0.1, 0.15) is 5.15 Å². The van der Waals surface area contributed by atoms with Crippen LogP contribution in [0.4, 0.5) is 0 Å². The number of rotatable bonds is 2. The summed E-state index contributed by atoms with van der Waals surface area (Å²) in [5, 5.41) is 0.575. The summed E-state index contributed by atoms with van der Waals surface area (Å²) in [5.41, 5.74) is 7.55. The minimum atomic E-state index is 0.575. The van der Waals surface area contributed by atoms with E-state index in [2.05, 4.69) is 4.98 Å². The highest BCUT2D eigenvalue weighted by Crippen LogP contribution is 2.12. The molecule has 0 spiro atoms. The van der Waals surface area contributed by atoms with Crippen molar-refractivity contribution in [3.8, 4) is 0 Å². The molecule has 0 aromatic carbocycles. The molecule has 0 saturated carbocycles. The summed E-state index contributed by atoms with van der Waals surface area (Å²) < 4.78 is 0. The fourth-order valence-electron chi connectivity index (χ4n) is 0.920. The summed E-state index contributed by atoms with van der Waals surface area (Å²) in [6.07, 6.45) is 2.63. The normalized spacial score (nSPS) is 10.1. The molecule has 0 aliphatic rings. The van der Waals surface area contributed by atoms with E-state index >= 15 is 0 Å². The van der Waals surface area contributed by atoms with Gasteiger partial charge >= 0.3 is 0 Å². The lowest BCUT2D eigenvalue weighted by atomic mass is 10.2. The van der Waals surface area contributed by atoms with E-state index in [0.717, 1.165) is 17.5 Å². The van der Waals surface area contributed by atoms with E-state index in [0.29, 0.717) is 11.7 Å². The number of hydrogen-bond acceptors (Lipinski definition) is 2. The number of nitrogens with two attached hydrogens (primary N) is 1. The van der Waals surface area contributed by atoms with E-state index in [1.54, 1.807) is 6.20 Å². The van der Waals surface area contributed by atoms with Gasteiger partial charge in [0.15, 0.2) is 0 Å². The van der Waals surface area contributed by atoms with E-state index < -0.39 is 0 Å². The molecule has 0 atom stereocenters. The second-order valence-electron chi connectivity index (χ2n) is 2.49. The molecular formula is C8H11ClN2. The first kappa shape index (κ1) is 8.50. The van der Waals surface area contributed by atoms with Gasteiger partial charge in [-0.25, -0.2) is 4.98 Å². The summed E-state index contributed by atoms with van der Waals surface area (Å²) in [6.45, 7) is 2.60. The van der Waals surface area contributed by atoms with Gasteiger partial charge in [-0.1, -0.05) is 17.7 Å². The molecule has 0 aliphatic carbocycles. The molecule has 60 valence electrons. The Hall–Kier alpha value is -0.600. The Morgan fingerprint density at radius 3 is 2.91 bits per heavy atom. The Morgan fingerprint density at radius 2 is 2.36 bits per heavy atom. The number of aryl methyl sites for hydroxylation is 1. The molecule has 0 fully saturated rings. The van der Waals surface area contributed by atoms with Crippen molar-refractivity contribution in [2.24, 2.45) is 5.73 Å². The number of halogens is 1. The van der Waals surface area contributed by atoms with Gasteiger partial charge in [-0.05, 0) is 31.0 Å². The summed E-state index contributed by atoms with van der Waals surface area (Å²) in [5.74, 6) is 0. The van der Waals surface area contributed by atoms with Crippen LogP contribution < -0.4 is 5.73 Å². The Bertz CT molecular complexity index is 248. The lowest BCUT2D eigenvalue weighted by molar-refractivity contribution is 0.955. The van der Waals surface area contributed by atoms with E-state index in [1.807, 2.05) is 13.0 Å². The molecule has 0 amide bonds. The highest BCUT2D eigenvalue weighted by atomic mass is 35.5. The Morgan fingerprint density at radius 1 is 1.64 bits per heavy atom. The maximum absolute atomic E-state index is 5.74. The van der Waals surface area contributed by atoms with Crippen LogP contribution in [0.25, 0.3) is 0 Å². The summed E-state index contributed by atoms with van der Waals surface area (Å²) in [6, 6.07) is 2.02. The highest BCUT2D eigenvalue weighted by Gasteiger charge is 1.97. The van der Waals surface area contributed by atoms with Crippen LogP contribution in [-0.4, -0.2) is 11.5 Å². The first-order chi connectivity index (χ1) is 5.24. The minimum absolute atomic E-state index is 0.575. The van der Waals surface area contributed by atoms with Gasteiger partial charge in [0, 0.05) is 6.20 Å². The SMILES string of the molecule is Cc1cc(CCN)cnc1Cl. The average molecular weight is 171 g/mol. The molecule has 0 unspecified atom stereocenters. The van der Waals surface area contributed by atoms with Crippen molar-refractivity contribution in [3.05, 3.63) is 28.5 Å². The molecule has 1 aromatic rings. The third-order valence-electron chi connectivity index (χ3n) is 1.50. The van der Waals surface area contributed by atoms with Crippen molar-refractivity contribution in [1.82, 2.24) is 4.98 Å². The lowest BCUT2D eigenvalue weighted by Crippen LogP contribution is -2.03. The zero-order chi connectivity index (χ0) is 8.27. The van der Waals surface area contributed by atoms with Crippen molar-refractivity contribution < 1.29 is 0 Å². The molecule has 0 bridgehead atoms. The summed E-state index contributed by atoms with van der Waals surface area (Å²) in [7, 11) is 0. The van der Waals surface area contributed by atoms with Gasteiger partial charge in [0.25, 0.3) is 0 Å². The van der Waals surface area contributed by atoms with Gasteiger partial charge in [0.05, 0.1) is 0 Å². The van der Waals surface area contributed by atoms with Crippen molar-refractivity contribution >= 4 is 11.6 Å². The third kappa shape index (κ3) is 2.17. The number of pyridine rings is 1. The molecule has 1 rings (SSSR count). The van der Waals surface area contributed by atoms with Crippen LogP contribution in [0, 0.1) is 6.92 Å². The van der Waals surface area contributed by atoms with Crippen molar-refractivity contribution in [1.29, 1.82) is 0 Å². The smallest absolute Gasteiger partial charge is 0.131 e. The summed E-state index contributed by atoms with van der Waals surface area (Å²) in [4.78, 5) is 4.01. The first-order valence-electron chi connectivity index (χ1n) is 3.55. The predicted molar refractivity (Wildman–Crippen MR) is 46.7 cm³/mol. The summed E-state index contributed by atoms with van der Waals surface area (Å²) >= 11 is 5.74. The minimum Gasteiger partial charge on any atom is -0.330 e. The number of hydrogen-bond donors (Lipinski definition) is 1. The Kier molecular flexibility index (Phi) is 2.85. The van der Waals surface area contributed by atoms with Gasteiger partial charge < -0.3 is 5.73 Å². The van der Waals surface area contributed by atoms with Crippen LogP contribution in [0.3, 0.4) is 0 Å². The van der Waals surface area contributed by atoms with Gasteiger partial charge in [-0.3, -0.25) is 0 Å². The molecule has 2 N–H and O–H groups in total. The average Bonchev–Trinajstić information content (AvgIpc) is 1.98. The third-order valence-corrected chi connectivity index (χ3v) is 1.90. The molecule has 1 heterocycles. The maximum atomic E-state index is 5.74. The topological polar surface area (TPSA) is 38.9 Å². The van der Waals surface area contributed by atoms with Crippen LogP contribution in [0.2, 0.25) is 5.15 Å². The first-order valence-corrected chi connectivity index (χ1v) is 3.93. The molecule has 2 nitrogen and oxygen atoms in total. The number of aromatic nitrogens is 1. The van der Waals surface area contributed by atoms with Crippen LogP contribution in [0.5, 0.6) is 0 Å². The van der Waals surface area contributed by atoms with E-state index in [-0.39, 0.29) is 0 Å². The Labute approximate surface area is 71.4 Å². The molecule has 3 heteroatoms. The standard InChI is InChI=1S/C8H11ClN2/c1-6-4-7(2-3-10)5-11-8(6)9/h4-5H,2-3,10H2,1H3. The van der Waals surface area contributed by atoms with Gasteiger partial charge in [0.2, 0.25) is 0 Å². The fourth-order valence-corrected chi connectivity index (χ4v) is 1.02. The Balaban J connectivity index is 2.86. The van der Waals surface area contributed by atoms with Gasteiger partial charge in [-0.2, -0.15) is 0 Å². The van der Waals surface area contributed by atoms with Crippen LogP contribution >= 0.6 is 11.6 Å². The highest BCUT2D eigenvalue weighted by molar-refractivity contribution is 6.30. The van der Waals surface area contributed by atoms with E-state index in [1.165, 1.54) is 0 Å². The fraction of sp³-hybridized carbons (Fsp3) is 0.375. The maximum Gasteiger partial charge on any atom is 0.131 e. The second-order valence-corrected chi connectivity index (χ2v) is 2.85. The largest absolute Gasteiger partial charge is 0.330 e. The van der Waals surface area contributed by atoms with Gasteiger partial charge in [-0.15, -0.1) is 0 Å². The van der Waals surface area contributed by atoms with Crippen molar-refractivity contribution in [3.63, 3.8) is 0 Å². The van der Waals surface area contributed by atoms with Crippen LogP contribution in [-0.2, 0) is 6.42 Å². The van der Waals surface area contributed by atoms with E-state index in [9.17, 15) is 0 Å². The molecular weight excluding hydrogens is 160 g/mol. The zero-order valence-corrected chi connectivity index (χ0v) is 7.23. The molecule has 0 saturated heterocycles. The lowest BCUT2D eigenvalue weighted by Gasteiger charge is -2.00. The predicted octanol–water partition coefficient (Wildman–Crippen LogP) is 1.54. The molecule has 11 heavy (non-hydrogen) atoms. The van der Waals surface area contributed by atoms with Crippen molar-refractivity contribution in [2.45, 2.75) is 13.3 Å². The molecule has 0 aliphatic heterocycles.